The Morgan fingerprint density at radius 2 is 2.06 bits per heavy atom. The van der Waals surface area contributed by atoms with Gasteiger partial charge in [-0.3, -0.25) is 4.79 Å². The molecule has 17 heavy (non-hydrogen) atoms. The maximum absolute atomic E-state index is 11.9. The number of anilines is 2. The summed E-state index contributed by atoms with van der Waals surface area (Å²) in [6.45, 7) is 0. The highest BCUT2D eigenvalue weighted by Crippen LogP contribution is 2.30. The van der Waals surface area contributed by atoms with Crippen molar-refractivity contribution in [3.8, 4) is 0 Å². The molecule has 2 aliphatic rings. The molecule has 0 saturated heterocycles. The van der Waals surface area contributed by atoms with E-state index in [2.05, 4.69) is 15.6 Å². The van der Waals surface area contributed by atoms with E-state index < -0.39 is 0 Å². The number of nitrogens with two attached hydrogens (primary N) is 1. The number of aromatic nitrogens is 1. The van der Waals surface area contributed by atoms with Crippen LogP contribution in [0.3, 0.4) is 0 Å². The lowest BCUT2D eigenvalue weighted by Gasteiger charge is -2.25. The fraction of sp³-hybridized carbons (Fsp3) is 0.636. The van der Waals surface area contributed by atoms with E-state index in [1.54, 1.807) is 0 Å². The summed E-state index contributed by atoms with van der Waals surface area (Å²) in [5.41, 5.74) is 5.77. The molecule has 5 nitrogen and oxygen atoms in total. The lowest BCUT2D eigenvalue weighted by atomic mass is 9.93. The van der Waals surface area contributed by atoms with Crippen LogP contribution in [0.4, 0.5) is 10.9 Å². The predicted octanol–water partition coefficient (Wildman–Crippen LogP) is 1.58. The third kappa shape index (κ3) is 2.36. The van der Waals surface area contributed by atoms with Crippen molar-refractivity contribution in [1.82, 2.24) is 10.3 Å². The van der Waals surface area contributed by atoms with Crippen molar-refractivity contribution in [3.63, 3.8) is 0 Å². The average molecular weight is 252 g/mol. The predicted molar refractivity (Wildman–Crippen MR) is 68.3 cm³/mol. The van der Waals surface area contributed by atoms with E-state index in [1.165, 1.54) is 30.6 Å². The lowest BCUT2D eigenvalue weighted by Crippen LogP contribution is -2.26. The molecular formula is C11H16N4OS. The molecule has 0 aromatic carbocycles. The summed E-state index contributed by atoms with van der Waals surface area (Å²) in [6, 6.07) is 0.868. The second-order valence-electron chi connectivity index (χ2n) is 4.75. The Kier molecular flexibility index (Phi) is 2.66. The van der Waals surface area contributed by atoms with Crippen molar-refractivity contribution in [2.24, 2.45) is 0 Å². The van der Waals surface area contributed by atoms with E-state index in [0.29, 0.717) is 22.8 Å². The number of thiazole rings is 1. The van der Waals surface area contributed by atoms with Crippen molar-refractivity contribution in [1.29, 1.82) is 0 Å². The van der Waals surface area contributed by atoms with Crippen molar-refractivity contribution in [2.45, 2.75) is 44.2 Å². The Morgan fingerprint density at radius 3 is 2.65 bits per heavy atom. The van der Waals surface area contributed by atoms with Gasteiger partial charge in [-0.1, -0.05) is 11.3 Å². The van der Waals surface area contributed by atoms with E-state index in [-0.39, 0.29) is 5.91 Å². The Hall–Kier alpha value is -1.30. The number of rotatable bonds is 4. The number of nitrogens with one attached hydrogen (secondary N) is 2. The normalized spacial score (nSPS) is 19.8. The van der Waals surface area contributed by atoms with Gasteiger partial charge in [0.15, 0.2) is 5.13 Å². The highest BCUT2D eigenvalue weighted by molar-refractivity contribution is 7.18. The molecule has 2 aliphatic carbocycles. The van der Waals surface area contributed by atoms with Crippen LogP contribution in [-0.4, -0.2) is 23.0 Å². The number of nitrogen functional groups attached to an aromatic ring is 1. The van der Waals surface area contributed by atoms with E-state index in [0.717, 1.165) is 18.0 Å². The summed E-state index contributed by atoms with van der Waals surface area (Å²) in [7, 11) is 0. The molecule has 0 spiro atoms. The standard InChI is InChI=1S/C11H16N4OS/c12-9-8(10(16)13-7-4-5-7)17-11(15-9)14-6-2-1-3-6/h6-7H,1-5,12H2,(H,13,16)(H,14,15). The molecule has 1 amide bonds. The maximum atomic E-state index is 11.9. The van der Waals surface area contributed by atoms with Gasteiger partial charge in [0, 0.05) is 12.1 Å². The van der Waals surface area contributed by atoms with Gasteiger partial charge in [-0.25, -0.2) is 4.98 Å². The second-order valence-corrected chi connectivity index (χ2v) is 5.75. The smallest absolute Gasteiger partial charge is 0.265 e. The summed E-state index contributed by atoms with van der Waals surface area (Å²) in [6.07, 6.45) is 5.80. The van der Waals surface area contributed by atoms with Crippen LogP contribution in [0.25, 0.3) is 0 Å². The van der Waals surface area contributed by atoms with Gasteiger partial charge in [0.05, 0.1) is 0 Å². The first-order valence-corrected chi connectivity index (χ1v) is 6.88. The number of carbonyl (C=O) groups excluding carboxylic acids is 1. The van der Waals surface area contributed by atoms with Crippen LogP contribution in [-0.2, 0) is 0 Å². The molecule has 3 rings (SSSR count). The number of carbonyl (C=O) groups is 1. The average Bonchev–Trinajstić information content (AvgIpc) is 2.95. The molecule has 1 aromatic rings. The summed E-state index contributed by atoms with van der Waals surface area (Å²) in [4.78, 5) is 16.6. The third-order valence-electron chi connectivity index (χ3n) is 3.20. The van der Waals surface area contributed by atoms with E-state index in [4.69, 9.17) is 5.73 Å². The van der Waals surface area contributed by atoms with Gasteiger partial charge in [-0.05, 0) is 32.1 Å². The summed E-state index contributed by atoms with van der Waals surface area (Å²) >= 11 is 1.36. The van der Waals surface area contributed by atoms with Gasteiger partial charge >= 0.3 is 0 Å². The Morgan fingerprint density at radius 1 is 1.29 bits per heavy atom. The third-order valence-corrected chi connectivity index (χ3v) is 4.21. The first kappa shape index (κ1) is 10.8. The highest BCUT2D eigenvalue weighted by Gasteiger charge is 2.27. The minimum atomic E-state index is -0.0795. The van der Waals surface area contributed by atoms with Crippen LogP contribution in [0, 0.1) is 0 Å². The van der Waals surface area contributed by atoms with Crippen molar-refractivity contribution >= 4 is 28.2 Å². The minimum Gasteiger partial charge on any atom is -0.382 e. The van der Waals surface area contributed by atoms with Gasteiger partial charge < -0.3 is 16.4 Å². The molecule has 4 N–H and O–H groups in total. The number of amides is 1. The minimum absolute atomic E-state index is 0.0795. The van der Waals surface area contributed by atoms with Crippen LogP contribution in [0.5, 0.6) is 0 Å². The van der Waals surface area contributed by atoms with Crippen molar-refractivity contribution < 1.29 is 4.79 Å². The van der Waals surface area contributed by atoms with Gasteiger partial charge in [0.1, 0.15) is 10.7 Å². The number of hydrogen-bond acceptors (Lipinski definition) is 5. The van der Waals surface area contributed by atoms with Crippen molar-refractivity contribution in [2.75, 3.05) is 11.1 Å². The van der Waals surface area contributed by atoms with E-state index >= 15 is 0 Å². The molecule has 0 radical (unpaired) electrons. The first-order valence-electron chi connectivity index (χ1n) is 6.06. The molecule has 2 saturated carbocycles. The Labute approximate surface area is 104 Å². The van der Waals surface area contributed by atoms with Crippen LogP contribution in [0.2, 0.25) is 0 Å². The molecule has 6 heteroatoms. The van der Waals surface area contributed by atoms with Gasteiger partial charge in [-0.2, -0.15) is 0 Å². The summed E-state index contributed by atoms with van der Waals surface area (Å²) in [5, 5.41) is 7.01. The quantitative estimate of drug-likeness (QED) is 0.760. The molecule has 2 fully saturated rings. The van der Waals surface area contributed by atoms with Crippen LogP contribution in [0.15, 0.2) is 0 Å². The first-order chi connectivity index (χ1) is 8.22. The molecule has 0 aliphatic heterocycles. The molecule has 1 aromatic heterocycles. The molecule has 0 atom stereocenters. The topological polar surface area (TPSA) is 80.0 Å². The summed E-state index contributed by atoms with van der Waals surface area (Å²) < 4.78 is 0. The van der Waals surface area contributed by atoms with Gasteiger partial charge in [0.25, 0.3) is 5.91 Å². The largest absolute Gasteiger partial charge is 0.382 e. The van der Waals surface area contributed by atoms with Crippen LogP contribution < -0.4 is 16.4 Å². The second kappa shape index (κ2) is 4.18. The lowest BCUT2D eigenvalue weighted by molar-refractivity contribution is 0.0956. The SMILES string of the molecule is Nc1nc(NC2CCC2)sc1C(=O)NC1CC1. The summed E-state index contributed by atoms with van der Waals surface area (Å²) in [5.74, 6) is 0.263. The molecule has 92 valence electrons. The molecule has 0 unspecified atom stereocenters. The van der Waals surface area contributed by atoms with Crippen LogP contribution >= 0.6 is 11.3 Å². The van der Waals surface area contributed by atoms with Crippen LogP contribution in [0.1, 0.15) is 41.8 Å². The van der Waals surface area contributed by atoms with E-state index in [1.807, 2.05) is 0 Å². The monoisotopic (exact) mass is 252 g/mol. The number of nitrogens with zero attached hydrogens (tertiary/aromatic N) is 1. The maximum Gasteiger partial charge on any atom is 0.265 e. The molecule has 0 bridgehead atoms. The van der Waals surface area contributed by atoms with E-state index in [9.17, 15) is 4.79 Å². The fourth-order valence-corrected chi connectivity index (χ4v) is 2.63. The zero-order valence-corrected chi connectivity index (χ0v) is 10.3. The van der Waals surface area contributed by atoms with Crippen molar-refractivity contribution in [3.05, 3.63) is 4.88 Å². The Bertz CT molecular complexity index is 437. The highest BCUT2D eigenvalue weighted by atomic mass is 32.1. The van der Waals surface area contributed by atoms with Gasteiger partial charge in [-0.15, -0.1) is 0 Å². The molecule has 1 heterocycles. The molecular weight excluding hydrogens is 236 g/mol. The zero-order chi connectivity index (χ0) is 11.8. The number of hydrogen-bond donors (Lipinski definition) is 3. The zero-order valence-electron chi connectivity index (χ0n) is 9.53. The fourth-order valence-electron chi connectivity index (χ4n) is 1.76. The Balaban J connectivity index is 1.67. The van der Waals surface area contributed by atoms with Gasteiger partial charge in [0.2, 0.25) is 0 Å².